The summed E-state index contributed by atoms with van der Waals surface area (Å²) >= 11 is 1.24. The van der Waals surface area contributed by atoms with Crippen LogP contribution in [0, 0.1) is 0 Å². The number of methoxy groups -OCH3 is 2. The largest absolute Gasteiger partial charge is 0.497 e. The van der Waals surface area contributed by atoms with E-state index in [0.29, 0.717) is 11.3 Å². The van der Waals surface area contributed by atoms with Crippen LogP contribution in [0.15, 0.2) is 51.2 Å². The Morgan fingerprint density at radius 1 is 1.26 bits per heavy atom. The van der Waals surface area contributed by atoms with Gasteiger partial charge in [-0.25, -0.2) is 18.7 Å². The predicted molar refractivity (Wildman–Crippen MR) is 102 cm³/mol. The molecule has 1 aliphatic heterocycles. The summed E-state index contributed by atoms with van der Waals surface area (Å²) in [6.45, 7) is 3.52. The Labute approximate surface area is 162 Å². The van der Waals surface area contributed by atoms with Crippen molar-refractivity contribution in [3.8, 4) is 5.75 Å². The Balaban J connectivity index is 2.66. The molecule has 0 aliphatic carbocycles. The molecule has 27 heavy (non-hydrogen) atoms. The van der Waals surface area contributed by atoms with E-state index in [0.717, 1.165) is 4.90 Å². The Morgan fingerprint density at radius 3 is 2.41 bits per heavy atom. The Morgan fingerprint density at radius 2 is 1.89 bits per heavy atom. The van der Waals surface area contributed by atoms with E-state index in [1.807, 2.05) is 0 Å². The van der Waals surface area contributed by atoms with Crippen molar-refractivity contribution in [3.63, 3.8) is 0 Å². The highest BCUT2D eigenvalue weighted by molar-refractivity contribution is 8.03. The molecule has 1 aromatic carbocycles. The fraction of sp³-hybridized carbons (Fsp3) is 0.353. The average molecular weight is 415 g/mol. The molecule has 0 atom stereocenters. The van der Waals surface area contributed by atoms with Gasteiger partial charge in [0.1, 0.15) is 10.8 Å². The first kappa shape index (κ1) is 21.3. The van der Waals surface area contributed by atoms with E-state index < -0.39 is 20.7 Å². The zero-order valence-electron chi connectivity index (χ0n) is 15.4. The second-order valence-electron chi connectivity index (χ2n) is 6.10. The third kappa shape index (κ3) is 4.46. The molecule has 0 unspecified atom stereocenters. The lowest BCUT2D eigenvalue weighted by Gasteiger charge is -2.36. The number of nitrogens with one attached hydrogen (secondary N) is 1. The molecule has 1 aliphatic rings. The van der Waals surface area contributed by atoms with E-state index in [9.17, 15) is 18.4 Å². The summed E-state index contributed by atoms with van der Waals surface area (Å²) in [6.07, 6.45) is 1.38. The minimum Gasteiger partial charge on any atom is -0.497 e. The van der Waals surface area contributed by atoms with E-state index in [1.165, 1.54) is 61.8 Å². The number of hydrogen-bond donors (Lipinski definition) is 2. The van der Waals surface area contributed by atoms with Crippen LogP contribution in [-0.4, -0.2) is 50.3 Å². The van der Waals surface area contributed by atoms with Crippen molar-refractivity contribution in [2.24, 2.45) is 0 Å². The van der Waals surface area contributed by atoms with Crippen molar-refractivity contribution in [2.45, 2.75) is 23.6 Å². The van der Waals surface area contributed by atoms with Crippen molar-refractivity contribution >= 4 is 27.6 Å². The Bertz CT molecular complexity index is 860. The second kappa shape index (κ2) is 8.34. The number of amides is 2. The Kier molecular flexibility index (Phi) is 6.58. The van der Waals surface area contributed by atoms with Crippen LogP contribution in [0.5, 0.6) is 5.75 Å². The SMILES string of the molecule is COCC1=CSC(C)(C)N(C(=O)NO)C(S(=O)(=O)c2ccc(OC)cc2)=C1. The van der Waals surface area contributed by atoms with Gasteiger partial charge in [0.15, 0.2) is 0 Å². The third-order valence-corrected chi connectivity index (χ3v) is 6.75. The molecule has 1 heterocycles. The number of hydrogen-bond acceptors (Lipinski definition) is 7. The van der Waals surface area contributed by atoms with Gasteiger partial charge in [0.05, 0.1) is 23.5 Å². The van der Waals surface area contributed by atoms with Gasteiger partial charge in [-0.1, -0.05) is 0 Å². The summed E-state index contributed by atoms with van der Waals surface area (Å²) in [5, 5.41) is 10.6. The molecule has 0 bridgehead atoms. The Hall–Kier alpha value is -2.01. The summed E-state index contributed by atoms with van der Waals surface area (Å²) < 4.78 is 36.8. The number of rotatable bonds is 5. The van der Waals surface area contributed by atoms with Crippen LogP contribution in [-0.2, 0) is 14.6 Å². The van der Waals surface area contributed by atoms with E-state index in [-0.39, 0.29) is 16.5 Å². The number of sulfone groups is 1. The molecule has 0 saturated carbocycles. The van der Waals surface area contributed by atoms with E-state index in [1.54, 1.807) is 19.3 Å². The lowest BCUT2D eigenvalue weighted by molar-refractivity contribution is 0.129. The van der Waals surface area contributed by atoms with Crippen LogP contribution in [0.1, 0.15) is 13.8 Å². The summed E-state index contributed by atoms with van der Waals surface area (Å²) in [5.74, 6) is 0.504. The summed E-state index contributed by atoms with van der Waals surface area (Å²) in [4.78, 5) is 12.4. The first-order valence-corrected chi connectivity index (χ1v) is 10.2. The van der Waals surface area contributed by atoms with Crippen molar-refractivity contribution in [3.05, 3.63) is 46.4 Å². The molecule has 0 saturated heterocycles. The van der Waals surface area contributed by atoms with Crippen molar-refractivity contribution < 1.29 is 27.9 Å². The molecule has 1 aromatic rings. The fourth-order valence-corrected chi connectivity index (χ4v) is 5.02. The highest BCUT2D eigenvalue weighted by Gasteiger charge is 2.41. The average Bonchev–Trinajstić information content (AvgIpc) is 2.78. The zero-order valence-corrected chi connectivity index (χ0v) is 17.1. The molecule has 0 radical (unpaired) electrons. The van der Waals surface area contributed by atoms with Gasteiger partial charge in [-0.05, 0) is 55.2 Å². The molecule has 2 rings (SSSR count). The van der Waals surface area contributed by atoms with Gasteiger partial charge in [-0.2, -0.15) is 0 Å². The van der Waals surface area contributed by atoms with Gasteiger partial charge in [-0.15, -0.1) is 11.8 Å². The van der Waals surface area contributed by atoms with Crippen LogP contribution in [0.2, 0.25) is 0 Å². The van der Waals surface area contributed by atoms with Crippen molar-refractivity contribution in [1.29, 1.82) is 0 Å². The van der Waals surface area contributed by atoms with Crippen LogP contribution >= 0.6 is 11.8 Å². The normalized spacial score (nSPS) is 16.9. The molecule has 0 aromatic heterocycles. The van der Waals surface area contributed by atoms with Crippen molar-refractivity contribution in [1.82, 2.24) is 10.4 Å². The molecule has 10 heteroatoms. The second-order valence-corrected chi connectivity index (χ2v) is 9.47. The van der Waals surface area contributed by atoms with E-state index >= 15 is 0 Å². The summed E-state index contributed by atoms with van der Waals surface area (Å²) in [7, 11) is -1.12. The number of urea groups is 1. The maximum atomic E-state index is 13.3. The summed E-state index contributed by atoms with van der Waals surface area (Å²) in [6, 6.07) is 4.88. The van der Waals surface area contributed by atoms with Gasteiger partial charge in [0.25, 0.3) is 0 Å². The van der Waals surface area contributed by atoms with Gasteiger partial charge >= 0.3 is 6.03 Å². The maximum Gasteiger partial charge on any atom is 0.347 e. The lowest BCUT2D eigenvalue weighted by Crippen LogP contribution is -2.49. The topological polar surface area (TPSA) is 105 Å². The van der Waals surface area contributed by atoms with E-state index in [4.69, 9.17) is 9.47 Å². The van der Waals surface area contributed by atoms with Gasteiger partial charge in [0, 0.05) is 7.11 Å². The number of carbonyl (C=O) groups excluding carboxylic acids is 1. The van der Waals surface area contributed by atoms with Crippen LogP contribution < -0.4 is 10.2 Å². The first-order chi connectivity index (χ1) is 12.7. The molecular weight excluding hydrogens is 392 g/mol. The van der Waals surface area contributed by atoms with Crippen LogP contribution in [0.25, 0.3) is 0 Å². The quantitative estimate of drug-likeness (QED) is 0.564. The molecule has 8 nitrogen and oxygen atoms in total. The smallest absolute Gasteiger partial charge is 0.347 e. The predicted octanol–water partition coefficient (Wildman–Crippen LogP) is 2.72. The minimum atomic E-state index is -4.09. The molecule has 2 amide bonds. The third-order valence-electron chi connectivity index (χ3n) is 3.82. The molecular formula is C17H22N2O6S2. The molecule has 0 spiro atoms. The molecule has 148 valence electrons. The number of carbonyl (C=O) groups is 1. The van der Waals surface area contributed by atoms with Gasteiger partial charge in [0.2, 0.25) is 9.84 Å². The molecule has 0 fully saturated rings. The highest BCUT2D eigenvalue weighted by Crippen LogP contribution is 2.40. The van der Waals surface area contributed by atoms with E-state index in [2.05, 4.69) is 0 Å². The number of benzene rings is 1. The fourth-order valence-electron chi connectivity index (χ4n) is 2.51. The monoisotopic (exact) mass is 414 g/mol. The molecule has 2 N–H and O–H groups in total. The van der Waals surface area contributed by atoms with Gasteiger partial charge in [-0.3, -0.25) is 10.1 Å². The minimum absolute atomic E-state index is 0.00948. The number of thioether (sulfide) groups is 1. The zero-order chi connectivity index (χ0) is 20.2. The van der Waals surface area contributed by atoms with Crippen LogP contribution in [0.4, 0.5) is 4.79 Å². The maximum absolute atomic E-state index is 13.3. The number of nitrogens with zero attached hydrogens (tertiary/aromatic N) is 1. The number of hydroxylamine groups is 1. The number of ether oxygens (including phenoxy) is 2. The first-order valence-electron chi connectivity index (χ1n) is 7.88. The summed E-state index contributed by atoms with van der Waals surface area (Å²) in [5.41, 5.74) is 2.11. The van der Waals surface area contributed by atoms with Gasteiger partial charge < -0.3 is 9.47 Å². The van der Waals surface area contributed by atoms with Crippen LogP contribution in [0.3, 0.4) is 0 Å². The van der Waals surface area contributed by atoms with Crippen molar-refractivity contribution in [2.75, 3.05) is 20.8 Å². The highest BCUT2D eigenvalue weighted by atomic mass is 32.2. The lowest BCUT2D eigenvalue weighted by atomic mass is 10.3. The standard InChI is InChI=1S/C17H22N2O6S2/c1-17(2)19(16(20)18-21)15(9-12(10-24-3)11-26-17)27(22,23)14-7-5-13(25-4)6-8-14/h5-9,11,21H,10H2,1-4H3,(H,18,20).